The van der Waals surface area contributed by atoms with Crippen LogP contribution in [0.5, 0.6) is 0 Å². The molecule has 0 spiro atoms. The van der Waals surface area contributed by atoms with Gasteiger partial charge in [-0.15, -0.1) is 0 Å². The molecule has 0 aromatic heterocycles. The topological polar surface area (TPSA) is 12.4 Å². The van der Waals surface area contributed by atoms with Crippen molar-refractivity contribution < 1.29 is 4.48 Å². The number of quaternary nitrogens is 1. The molecule has 0 saturated heterocycles. The highest BCUT2D eigenvalue weighted by Gasteiger charge is 2.63. The molecule has 1 rings (SSSR count). The first kappa shape index (κ1) is 14.7. The first-order valence-electron chi connectivity index (χ1n) is 7.03. The van der Waals surface area contributed by atoms with Crippen LogP contribution < -0.4 is 0 Å². The second kappa shape index (κ2) is 4.08. The Bertz CT molecular complexity index is 314. The molecule has 0 aromatic carbocycles. The fourth-order valence-electron chi connectivity index (χ4n) is 4.14. The first-order chi connectivity index (χ1) is 7.55. The molecule has 0 fully saturated rings. The lowest BCUT2D eigenvalue weighted by molar-refractivity contribution is -0.929. The molecular weight excluding hydrogens is 208 g/mol. The predicted octanol–water partition coefficient (Wildman–Crippen LogP) is 4.00. The molecule has 0 amide bonds. The van der Waals surface area contributed by atoms with Crippen molar-refractivity contribution in [1.29, 1.82) is 0 Å². The van der Waals surface area contributed by atoms with E-state index in [1.807, 2.05) is 0 Å². The number of amidine groups is 1. The van der Waals surface area contributed by atoms with Crippen LogP contribution in [0.3, 0.4) is 0 Å². The van der Waals surface area contributed by atoms with Crippen molar-refractivity contribution in [3.05, 3.63) is 0 Å². The minimum absolute atomic E-state index is 0.0207. The molecule has 0 aliphatic carbocycles. The van der Waals surface area contributed by atoms with Gasteiger partial charge in [0.25, 0.3) is 0 Å². The van der Waals surface area contributed by atoms with Crippen molar-refractivity contribution in [3.63, 3.8) is 0 Å². The van der Waals surface area contributed by atoms with Crippen LogP contribution in [0.2, 0.25) is 0 Å². The molecule has 0 bridgehead atoms. The van der Waals surface area contributed by atoms with Gasteiger partial charge in [0, 0.05) is 6.42 Å². The van der Waals surface area contributed by atoms with Crippen molar-refractivity contribution in [2.45, 2.75) is 91.9 Å². The number of rotatable bonds is 3. The zero-order valence-corrected chi connectivity index (χ0v) is 13.3. The number of aliphatic imine (C=N–C) groups is 1. The molecule has 0 radical (unpaired) electrons. The van der Waals surface area contributed by atoms with Gasteiger partial charge in [-0.25, -0.2) is 4.99 Å². The van der Waals surface area contributed by atoms with Crippen molar-refractivity contribution in [3.8, 4) is 0 Å². The quantitative estimate of drug-likeness (QED) is 0.660. The van der Waals surface area contributed by atoms with Crippen LogP contribution in [0, 0.1) is 0 Å². The summed E-state index contributed by atoms with van der Waals surface area (Å²) in [6, 6.07) is 1.15. The minimum Gasteiger partial charge on any atom is -0.268 e. The minimum atomic E-state index is 0.0207. The summed E-state index contributed by atoms with van der Waals surface area (Å²) < 4.78 is 1.04. The Morgan fingerprint density at radius 3 is 1.65 bits per heavy atom. The summed E-state index contributed by atoms with van der Waals surface area (Å²) in [6.45, 7) is 21.0. The van der Waals surface area contributed by atoms with E-state index in [9.17, 15) is 0 Å². The third kappa shape index (κ3) is 1.60. The average molecular weight is 239 g/mol. The fraction of sp³-hybridized carbons (Fsp3) is 0.933. The maximum atomic E-state index is 5.08. The van der Waals surface area contributed by atoms with Crippen molar-refractivity contribution in [2.75, 3.05) is 0 Å². The lowest BCUT2D eigenvalue weighted by atomic mass is 9.79. The van der Waals surface area contributed by atoms with Crippen LogP contribution in [0.4, 0.5) is 0 Å². The standard InChI is InChI=1S/C15H31N2/c1-10-13-16-14(6,7)15(8,9)17(13,11(2)3)12(4)5/h11-12H,10H2,1-9H3/q+1. The number of hydrogen-bond donors (Lipinski definition) is 0. The average Bonchev–Trinajstić information content (AvgIpc) is 2.30. The summed E-state index contributed by atoms with van der Waals surface area (Å²) in [5.74, 6) is 1.38. The van der Waals surface area contributed by atoms with Crippen molar-refractivity contribution >= 4 is 5.84 Å². The molecule has 0 unspecified atom stereocenters. The summed E-state index contributed by atoms with van der Waals surface area (Å²) in [5.41, 5.74) is 0.174. The van der Waals surface area contributed by atoms with Crippen LogP contribution in [0.1, 0.15) is 68.7 Å². The van der Waals surface area contributed by atoms with Gasteiger partial charge >= 0.3 is 0 Å². The lowest BCUT2D eigenvalue weighted by Crippen LogP contribution is -2.72. The number of nitrogens with zero attached hydrogens (tertiary/aromatic N) is 2. The fourth-order valence-corrected chi connectivity index (χ4v) is 4.14. The zero-order chi connectivity index (χ0) is 13.6. The molecule has 0 atom stereocenters. The Morgan fingerprint density at radius 1 is 1.00 bits per heavy atom. The molecule has 0 aromatic rings. The molecule has 1 aliphatic heterocycles. The van der Waals surface area contributed by atoms with Gasteiger partial charge in [-0.3, -0.25) is 4.48 Å². The molecular formula is C15H31N2+. The molecule has 17 heavy (non-hydrogen) atoms. The highest BCUT2D eigenvalue weighted by Crippen LogP contribution is 2.48. The van der Waals surface area contributed by atoms with Crippen molar-refractivity contribution in [2.24, 2.45) is 4.99 Å². The van der Waals surface area contributed by atoms with Crippen LogP contribution in [0.25, 0.3) is 0 Å². The Hall–Kier alpha value is -0.370. The van der Waals surface area contributed by atoms with Crippen LogP contribution >= 0.6 is 0 Å². The summed E-state index contributed by atoms with van der Waals surface area (Å²) in [7, 11) is 0. The van der Waals surface area contributed by atoms with E-state index in [-0.39, 0.29) is 11.1 Å². The van der Waals surface area contributed by atoms with E-state index in [4.69, 9.17) is 4.99 Å². The highest BCUT2D eigenvalue weighted by atomic mass is 15.5. The summed E-state index contributed by atoms with van der Waals surface area (Å²) in [4.78, 5) is 5.08. The molecule has 2 heteroatoms. The Balaban J connectivity index is 3.52. The summed E-state index contributed by atoms with van der Waals surface area (Å²) in [6.07, 6.45) is 1.06. The van der Waals surface area contributed by atoms with Gasteiger partial charge in [0.15, 0.2) is 5.84 Å². The Kier molecular flexibility index (Phi) is 3.53. The maximum Gasteiger partial charge on any atom is 0.199 e. The van der Waals surface area contributed by atoms with Gasteiger partial charge in [0.2, 0.25) is 0 Å². The SMILES string of the molecule is CCC1=NC(C)(C)C(C)(C)[N+]1(C(C)C)C(C)C. The van der Waals surface area contributed by atoms with E-state index in [1.54, 1.807) is 0 Å². The molecule has 2 nitrogen and oxygen atoms in total. The molecule has 1 aliphatic rings. The van der Waals surface area contributed by atoms with Gasteiger partial charge in [0.05, 0.1) is 12.1 Å². The third-order valence-corrected chi connectivity index (χ3v) is 5.20. The van der Waals surface area contributed by atoms with Crippen LogP contribution in [-0.4, -0.2) is 33.5 Å². The third-order valence-electron chi connectivity index (χ3n) is 5.20. The van der Waals surface area contributed by atoms with E-state index in [0.29, 0.717) is 12.1 Å². The second-order valence-corrected chi connectivity index (χ2v) is 6.96. The monoisotopic (exact) mass is 239 g/mol. The van der Waals surface area contributed by atoms with Gasteiger partial charge < -0.3 is 0 Å². The van der Waals surface area contributed by atoms with E-state index in [1.165, 1.54) is 5.84 Å². The van der Waals surface area contributed by atoms with Crippen LogP contribution in [-0.2, 0) is 0 Å². The largest absolute Gasteiger partial charge is 0.268 e. The highest BCUT2D eigenvalue weighted by molar-refractivity contribution is 5.78. The summed E-state index contributed by atoms with van der Waals surface area (Å²) >= 11 is 0. The molecule has 1 heterocycles. The Labute approximate surface area is 108 Å². The Morgan fingerprint density at radius 2 is 1.41 bits per heavy atom. The van der Waals surface area contributed by atoms with E-state index in [0.717, 1.165) is 10.9 Å². The normalized spacial score (nSPS) is 25.5. The smallest absolute Gasteiger partial charge is 0.199 e. The van der Waals surface area contributed by atoms with Gasteiger partial charge in [-0.05, 0) is 55.4 Å². The van der Waals surface area contributed by atoms with Gasteiger partial charge in [0.1, 0.15) is 11.1 Å². The second-order valence-electron chi connectivity index (χ2n) is 6.96. The van der Waals surface area contributed by atoms with E-state index >= 15 is 0 Å². The molecule has 0 N–H and O–H groups in total. The first-order valence-corrected chi connectivity index (χ1v) is 7.03. The molecule has 100 valence electrons. The van der Waals surface area contributed by atoms with E-state index in [2.05, 4.69) is 62.3 Å². The van der Waals surface area contributed by atoms with E-state index < -0.39 is 0 Å². The van der Waals surface area contributed by atoms with Crippen LogP contribution in [0.15, 0.2) is 4.99 Å². The van der Waals surface area contributed by atoms with Gasteiger partial charge in [-0.2, -0.15) is 0 Å². The van der Waals surface area contributed by atoms with Gasteiger partial charge in [-0.1, -0.05) is 6.92 Å². The number of hydrogen-bond acceptors (Lipinski definition) is 1. The maximum absolute atomic E-state index is 5.08. The molecule has 0 saturated carbocycles. The predicted molar refractivity (Wildman–Crippen MR) is 76.4 cm³/mol. The summed E-state index contributed by atoms with van der Waals surface area (Å²) in [5, 5.41) is 0. The lowest BCUT2D eigenvalue weighted by Gasteiger charge is -2.54. The van der Waals surface area contributed by atoms with Crippen molar-refractivity contribution in [1.82, 2.24) is 0 Å². The zero-order valence-electron chi connectivity index (χ0n) is 13.3.